The Labute approximate surface area is 114 Å². The van der Waals surface area contributed by atoms with E-state index in [4.69, 9.17) is 0 Å². The average molecular weight is 251 g/mol. The summed E-state index contributed by atoms with van der Waals surface area (Å²) in [6.45, 7) is 12.0. The molecule has 0 aromatic rings. The van der Waals surface area contributed by atoms with Gasteiger partial charge in [0.15, 0.2) is 0 Å². The number of hydrogen-bond acceptors (Lipinski definition) is 1. The highest BCUT2D eigenvalue weighted by Gasteiger charge is 2.41. The lowest BCUT2D eigenvalue weighted by atomic mass is 9.72. The summed E-state index contributed by atoms with van der Waals surface area (Å²) in [4.78, 5) is 0. The van der Waals surface area contributed by atoms with Gasteiger partial charge in [0, 0.05) is 0 Å². The summed E-state index contributed by atoms with van der Waals surface area (Å²) >= 11 is 0. The molecule has 2 saturated carbocycles. The highest BCUT2D eigenvalue weighted by Crippen LogP contribution is 2.51. The van der Waals surface area contributed by atoms with Crippen molar-refractivity contribution in [2.45, 2.75) is 66.2 Å². The molecule has 0 aromatic carbocycles. The van der Waals surface area contributed by atoms with Crippen LogP contribution in [0.2, 0.25) is 0 Å². The van der Waals surface area contributed by atoms with Crippen LogP contribution in [0.5, 0.6) is 0 Å². The third kappa shape index (κ3) is 3.50. The van der Waals surface area contributed by atoms with Gasteiger partial charge in [0.2, 0.25) is 0 Å². The molecule has 0 spiro atoms. The summed E-state index contributed by atoms with van der Waals surface area (Å²) in [5.74, 6) is 4.10. The standard InChI is InChI=1S/C17H33N/c1-5-8-18-12-16(17(2,3)4)11-15-10-13-6-7-14(15)9-13/h13-16,18H,5-12H2,1-4H3. The lowest BCUT2D eigenvalue weighted by molar-refractivity contribution is 0.163. The summed E-state index contributed by atoms with van der Waals surface area (Å²) in [6.07, 6.45) is 8.91. The minimum absolute atomic E-state index is 0.461. The van der Waals surface area contributed by atoms with E-state index in [1.807, 2.05) is 0 Å². The molecule has 0 aromatic heterocycles. The minimum Gasteiger partial charge on any atom is -0.316 e. The van der Waals surface area contributed by atoms with Crippen LogP contribution in [0.25, 0.3) is 0 Å². The van der Waals surface area contributed by atoms with Crippen LogP contribution in [0.4, 0.5) is 0 Å². The molecule has 18 heavy (non-hydrogen) atoms. The predicted molar refractivity (Wildman–Crippen MR) is 79.7 cm³/mol. The Morgan fingerprint density at radius 2 is 1.94 bits per heavy atom. The summed E-state index contributed by atoms with van der Waals surface area (Å²) in [5.41, 5.74) is 0.461. The second-order valence-electron chi connectivity index (χ2n) is 7.94. The van der Waals surface area contributed by atoms with Crippen LogP contribution < -0.4 is 5.32 Å². The van der Waals surface area contributed by atoms with Gasteiger partial charge in [0.05, 0.1) is 0 Å². The van der Waals surface area contributed by atoms with Crippen molar-refractivity contribution in [3.05, 3.63) is 0 Å². The first-order valence-corrected chi connectivity index (χ1v) is 8.21. The Hall–Kier alpha value is -0.0400. The second kappa shape index (κ2) is 5.94. The minimum atomic E-state index is 0.461. The molecule has 0 aliphatic heterocycles. The molecule has 0 radical (unpaired) electrons. The van der Waals surface area contributed by atoms with Crippen molar-refractivity contribution < 1.29 is 0 Å². The summed E-state index contributed by atoms with van der Waals surface area (Å²) in [6, 6.07) is 0. The Morgan fingerprint density at radius 3 is 2.44 bits per heavy atom. The van der Waals surface area contributed by atoms with E-state index in [-0.39, 0.29) is 0 Å². The van der Waals surface area contributed by atoms with E-state index in [9.17, 15) is 0 Å². The Balaban J connectivity index is 1.85. The van der Waals surface area contributed by atoms with Gasteiger partial charge >= 0.3 is 0 Å². The van der Waals surface area contributed by atoms with Gasteiger partial charge in [-0.05, 0) is 74.3 Å². The van der Waals surface area contributed by atoms with Gasteiger partial charge in [-0.1, -0.05) is 34.1 Å². The molecule has 2 bridgehead atoms. The van der Waals surface area contributed by atoms with Crippen molar-refractivity contribution in [3.8, 4) is 0 Å². The van der Waals surface area contributed by atoms with Gasteiger partial charge in [-0.2, -0.15) is 0 Å². The maximum atomic E-state index is 3.66. The fraction of sp³-hybridized carbons (Fsp3) is 1.00. The zero-order valence-corrected chi connectivity index (χ0v) is 13.0. The van der Waals surface area contributed by atoms with E-state index in [1.165, 1.54) is 38.8 Å². The Kier molecular flexibility index (Phi) is 4.75. The van der Waals surface area contributed by atoms with E-state index < -0.39 is 0 Å². The summed E-state index contributed by atoms with van der Waals surface area (Å²) < 4.78 is 0. The third-order valence-corrected chi connectivity index (χ3v) is 5.51. The molecule has 4 atom stereocenters. The van der Waals surface area contributed by atoms with Gasteiger partial charge in [0.25, 0.3) is 0 Å². The zero-order valence-electron chi connectivity index (χ0n) is 13.0. The fourth-order valence-corrected chi connectivity index (χ4v) is 4.23. The predicted octanol–water partition coefficient (Wildman–Crippen LogP) is 4.47. The quantitative estimate of drug-likeness (QED) is 0.687. The topological polar surface area (TPSA) is 12.0 Å². The van der Waals surface area contributed by atoms with E-state index in [1.54, 1.807) is 12.8 Å². The van der Waals surface area contributed by atoms with Crippen LogP contribution in [-0.4, -0.2) is 13.1 Å². The van der Waals surface area contributed by atoms with Gasteiger partial charge in [-0.25, -0.2) is 0 Å². The van der Waals surface area contributed by atoms with E-state index in [0.717, 1.165) is 23.7 Å². The number of hydrogen-bond donors (Lipinski definition) is 1. The molecule has 1 N–H and O–H groups in total. The van der Waals surface area contributed by atoms with E-state index in [2.05, 4.69) is 33.0 Å². The molecule has 0 saturated heterocycles. The van der Waals surface area contributed by atoms with Crippen LogP contribution in [0.15, 0.2) is 0 Å². The van der Waals surface area contributed by atoms with E-state index in [0.29, 0.717) is 5.41 Å². The number of rotatable bonds is 6. The van der Waals surface area contributed by atoms with Crippen LogP contribution in [-0.2, 0) is 0 Å². The summed E-state index contributed by atoms with van der Waals surface area (Å²) in [7, 11) is 0. The molecular formula is C17H33N. The maximum absolute atomic E-state index is 3.66. The molecule has 2 fully saturated rings. The van der Waals surface area contributed by atoms with Crippen LogP contribution in [0, 0.1) is 29.1 Å². The van der Waals surface area contributed by atoms with Gasteiger partial charge < -0.3 is 5.32 Å². The average Bonchev–Trinajstić information content (AvgIpc) is 2.88. The van der Waals surface area contributed by atoms with Crippen molar-refractivity contribution in [2.24, 2.45) is 29.1 Å². The monoisotopic (exact) mass is 251 g/mol. The van der Waals surface area contributed by atoms with Gasteiger partial charge in [0.1, 0.15) is 0 Å². The first-order valence-electron chi connectivity index (χ1n) is 8.21. The second-order valence-corrected chi connectivity index (χ2v) is 7.94. The first kappa shape index (κ1) is 14.4. The van der Waals surface area contributed by atoms with Crippen molar-refractivity contribution in [1.29, 1.82) is 0 Å². The molecule has 2 aliphatic rings. The van der Waals surface area contributed by atoms with Crippen LogP contribution >= 0.6 is 0 Å². The number of fused-ring (bicyclic) bond motifs is 2. The molecule has 2 aliphatic carbocycles. The maximum Gasteiger partial charge on any atom is -0.00154 e. The van der Waals surface area contributed by atoms with Crippen LogP contribution in [0.1, 0.15) is 66.2 Å². The molecule has 4 unspecified atom stereocenters. The smallest absolute Gasteiger partial charge is 0.00154 e. The molecule has 2 rings (SSSR count). The number of nitrogens with one attached hydrogen (secondary N) is 1. The zero-order chi connectivity index (χ0) is 13.2. The molecule has 106 valence electrons. The first-order chi connectivity index (χ1) is 8.50. The summed E-state index contributed by atoms with van der Waals surface area (Å²) in [5, 5.41) is 3.66. The highest BCUT2D eigenvalue weighted by molar-refractivity contribution is 4.92. The molecule has 1 heteroatoms. The van der Waals surface area contributed by atoms with Crippen molar-refractivity contribution in [1.82, 2.24) is 5.32 Å². The van der Waals surface area contributed by atoms with E-state index >= 15 is 0 Å². The molecule has 0 heterocycles. The fourth-order valence-electron chi connectivity index (χ4n) is 4.23. The lowest BCUT2D eigenvalue weighted by Crippen LogP contribution is -2.34. The van der Waals surface area contributed by atoms with Crippen LogP contribution in [0.3, 0.4) is 0 Å². The molecule has 1 nitrogen and oxygen atoms in total. The normalized spacial score (nSPS) is 33.0. The van der Waals surface area contributed by atoms with Crippen molar-refractivity contribution >= 4 is 0 Å². The Bertz CT molecular complexity index is 253. The third-order valence-electron chi connectivity index (χ3n) is 5.51. The van der Waals surface area contributed by atoms with Crippen molar-refractivity contribution in [3.63, 3.8) is 0 Å². The SMILES string of the molecule is CCCNCC(CC1CC2CCC1C2)C(C)(C)C. The van der Waals surface area contributed by atoms with Crippen molar-refractivity contribution in [2.75, 3.05) is 13.1 Å². The van der Waals surface area contributed by atoms with Gasteiger partial charge in [-0.15, -0.1) is 0 Å². The highest BCUT2D eigenvalue weighted by atomic mass is 14.9. The molecular weight excluding hydrogens is 218 g/mol. The molecule has 0 amide bonds. The Morgan fingerprint density at radius 1 is 1.17 bits per heavy atom. The largest absolute Gasteiger partial charge is 0.316 e. The lowest BCUT2D eigenvalue weighted by Gasteiger charge is -2.35. The van der Waals surface area contributed by atoms with Gasteiger partial charge in [-0.3, -0.25) is 0 Å².